The third kappa shape index (κ3) is 6.43. The van der Waals surface area contributed by atoms with Gasteiger partial charge >= 0.3 is 0 Å². The fourth-order valence-corrected chi connectivity index (χ4v) is 6.63. The molecule has 0 saturated carbocycles. The van der Waals surface area contributed by atoms with Gasteiger partial charge in [-0.25, -0.2) is 0 Å². The maximum Gasteiger partial charge on any atom is 0.272 e. The Morgan fingerprint density at radius 3 is 2.59 bits per heavy atom. The quantitative estimate of drug-likeness (QED) is 0.284. The van der Waals surface area contributed by atoms with E-state index in [1.165, 1.54) is 16.7 Å². The Bertz CT molecular complexity index is 1340. The molecule has 4 rings (SSSR count). The Morgan fingerprint density at radius 2 is 1.95 bits per heavy atom. The Labute approximate surface area is 237 Å². The Balaban J connectivity index is 0.00000205. The molecule has 2 aromatic heterocycles. The van der Waals surface area contributed by atoms with Crippen molar-refractivity contribution in [3.63, 3.8) is 0 Å². The third-order valence-corrected chi connectivity index (χ3v) is 8.63. The number of hydrogen-bond donors (Lipinski definition) is 0. The van der Waals surface area contributed by atoms with Crippen LogP contribution < -0.4 is 0 Å². The lowest BCUT2D eigenvalue weighted by Gasteiger charge is -2.35. The van der Waals surface area contributed by atoms with Gasteiger partial charge in [-0.3, -0.25) is 14.2 Å². The topological polar surface area (TPSA) is 45.6 Å². The van der Waals surface area contributed by atoms with Crippen LogP contribution in [-0.4, -0.2) is 58.9 Å². The first kappa shape index (κ1) is 30.1. The van der Waals surface area contributed by atoms with E-state index in [-0.39, 0.29) is 23.8 Å². The maximum absolute atomic E-state index is 13.6. The van der Waals surface area contributed by atoms with Gasteiger partial charge in [-0.05, 0) is 68.8 Å². The fourth-order valence-electron chi connectivity index (χ4n) is 5.63. The number of benzene rings is 1. The van der Waals surface area contributed by atoms with E-state index in [1.807, 2.05) is 60.7 Å². The number of thiophene rings is 1. The molecule has 6 heteroatoms. The fraction of sp³-hybridized carbons (Fsp3) is 0.394. The van der Waals surface area contributed by atoms with E-state index < -0.39 is 0 Å². The van der Waals surface area contributed by atoms with Crippen LogP contribution in [0.4, 0.5) is 0 Å². The predicted octanol–water partition coefficient (Wildman–Crippen LogP) is 6.66. The summed E-state index contributed by atoms with van der Waals surface area (Å²) in [6.07, 6.45) is 16.6. The SMILES string of the molecule is C#C.C=C/C=C1/C[C@H](N(C)CC(C)C(=O)N(CC)CCC)Cc2cn(C(=O)c3cc4ccccc4s3)c(C)c21. The van der Waals surface area contributed by atoms with Crippen LogP contribution in [0.2, 0.25) is 0 Å². The first-order valence-corrected chi connectivity index (χ1v) is 14.5. The lowest BCUT2D eigenvalue weighted by Crippen LogP contribution is -2.44. The number of aromatic nitrogens is 1. The number of rotatable bonds is 9. The van der Waals surface area contributed by atoms with Gasteiger partial charge in [0.25, 0.3) is 5.91 Å². The molecule has 0 bridgehead atoms. The van der Waals surface area contributed by atoms with Gasteiger partial charge in [0.05, 0.1) is 4.88 Å². The average Bonchev–Trinajstić information content (AvgIpc) is 3.53. The van der Waals surface area contributed by atoms with Crippen molar-refractivity contribution < 1.29 is 9.59 Å². The first-order valence-electron chi connectivity index (χ1n) is 13.7. The molecule has 2 heterocycles. The molecule has 1 aliphatic carbocycles. The van der Waals surface area contributed by atoms with Crippen molar-refractivity contribution in [2.45, 2.75) is 53.0 Å². The number of allylic oxidation sites excluding steroid dienone is 2. The highest BCUT2D eigenvalue weighted by Crippen LogP contribution is 2.37. The van der Waals surface area contributed by atoms with Crippen molar-refractivity contribution in [2.75, 3.05) is 26.7 Å². The highest BCUT2D eigenvalue weighted by atomic mass is 32.1. The van der Waals surface area contributed by atoms with E-state index in [0.29, 0.717) is 6.54 Å². The summed E-state index contributed by atoms with van der Waals surface area (Å²) < 4.78 is 2.95. The second-order valence-corrected chi connectivity index (χ2v) is 11.3. The van der Waals surface area contributed by atoms with Gasteiger partial charge in [-0.15, -0.1) is 24.2 Å². The van der Waals surface area contributed by atoms with Crippen LogP contribution in [0.15, 0.2) is 55.3 Å². The van der Waals surface area contributed by atoms with Crippen molar-refractivity contribution in [3.05, 3.63) is 77.0 Å². The second-order valence-electron chi connectivity index (χ2n) is 10.2. The summed E-state index contributed by atoms with van der Waals surface area (Å²) in [5.41, 5.74) is 4.54. The van der Waals surface area contributed by atoms with Crippen LogP contribution in [-0.2, 0) is 11.2 Å². The highest BCUT2D eigenvalue weighted by Gasteiger charge is 2.31. The molecule has 0 saturated heterocycles. The maximum atomic E-state index is 13.6. The number of nitrogens with zero attached hydrogens (tertiary/aromatic N) is 3. The summed E-state index contributed by atoms with van der Waals surface area (Å²) in [6, 6.07) is 10.4. The molecule has 1 amide bonds. The van der Waals surface area contributed by atoms with Gasteiger partial charge in [0.2, 0.25) is 5.91 Å². The zero-order valence-electron chi connectivity index (χ0n) is 23.9. The minimum absolute atomic E-state index is 0.0192. The van der Waals surface area contributed by atoms with E-state index in [0.717, 1.165) is 53.0 Å². The largest absolute Gasteiger partial charge is 0.343 e. The lowest BCUT2D eigenvalue weighted by molar-refractivity contribution is -0.135. The molecule has 1 unspecified atom stereocenters. The van der Waals surface area contributed by atoms with Gasteiger partial charge in [0.1, 0.15) is 0 Å². The summed E-state index contributed by atoms with van der Waals surface area (Å²) in [5, 5.41) is 1.10. The van der Waals surface area contributed by atoms with Crippen LogP contribution in [0.5, 0.6) is 0 Å². The van der Waals surface area contributed by atoms with Crippen LogP contribution in [0.25, 0.3) is 15.7 Å². The van der Waals surface area contributed by atoms with E-state index in [4.69, 9.17) is 0 Å². The van der Waals surface area contributed by atoms with Gasteiger partial charge in [-0.2, -0.15) is 0 Å². The molecule has 1 aromatic carbocycles. The van der Waals surface area contributed by atoms with E-state index in [1.54, 1.807) is 11.3 Å². The number of likely N-dealkylation sites (N-methyl/N-ethyl adjacent to an activating group) is 1. The minimum Gasteiger partial charge on any atom is -0.343 e. The molecular formula is C33H41N3O2S. The van der Waals surface area contributed by atoms with Crippen LogP contribution in [0.1, 0.15) is 60.1 Å². The molecule has 0 fully saturated rings. The van der Waals surface area contributed by atoms with Gasteiger partial charge in [-0.1, -0.05) is 50.8 Å². The Hall–Kier alpha value is -3.40. The molecule has 1 aliphatic rings. The Kier molecular flexibility index (Phi) is 10.5. The summed E-state index contributed by atoms with van der Waals surface area (Å²) in [5.74, 6) is 0.182. The van der Waals surface area contributed by atoms with Crippen molar-refractivity contribution in [1.29, 1.82) is 0 Å². The number of fused-ring (bicyclic) bond motifs is 2. The summed E-state index contributed by atoms with van der Waals surface area (Å²) in [6.45, 7) is 14.5. The molecule has 5 nitrogen and oxygen atoms in total. The number of terminal acetylenes is 1. The third-order valence-electron chi connectivity index (χ3n) is 7.53. The van der Waals surface area contributed by atoms with E-state index >= 15 is 0 Å². The molecule has 39 heavy (non-hydrogen) atoms. The molecule has 3 aromatic rings. The average molecular weight is 544 g/mol. The van der Waals surface area contributed by atoms with Gasteiger partial charge < -0.3 is 9.80 Å². The lowest BCUT2D eigenvalue weighted by atomic mass is 9.84. The zero-order valence-corrected chi connectivity index (χ0v) is 24.8. The monoisotopic (exact) mass is 543 g/mol. The van der Waals surface area contributed by atoms with Crippen molar-refractivity contribution in [3.8, 4) is 12.8 Å². The van der Waals surface area contributed by atoms with Crippen LogP contribution >= 0.6 is 11.3 Å². The number of carbonyl (C=O) groups excluding carboxylic acids is 2. The second kappa shape index (κ2) is 13.6. The number of hydrogen-bond acceptors (Lipinski definition) is 4. The van der Waals surface area contributed by atoms with Crippen LogP contribution in [0.3, 0.4) is 0 Å². The van der Waals surface area contributed by atoms with E-state index in [9.17, 15) is 9.59 Å². The first-order chi connectivity index (χ1) is 18.8. The number of carbonyl (C=O) groups is 2. The molecule has 0 radical (unpaired) electrons. The van der Waals surface area contributed by atoms with Crippen molar-refractivity contribution in [1.82, 2.24) is 14.4 Å². The normalized spacial score (nSPS) is 16.4. The number of amides is 1. The molecule has 0 spiro atoms. The molecule has 2 atom stereocenters. The predicted molar refractivity (Wildman–Crippen MR) is 165 cm³/mol. The minimum atomic E-state index is -0.0643. The zero-order chi connectivity index (χ0) is 28.7. The van der Waals surface area contributed by atoms with Crippen molar-refractivity contribution >= 4 is 38.8 Å². The molecule has 0 aliphatic heterocycles. The smallest absolute Gasteiger partial charge is 0.272 e. The summed E-state index contributed by atoms with van der Waals surface area (Å²) >= 11 is 1.54. The standard InChI is InChI=1S/C31H39N3O2S.C2H2/c1-7-12-24-16-26(32(6)19-21(4)30(35)33(9-3)15-8-2)17-25-20-34(22(5)29(24)25)31(36)28-18-23-13-10-11-14-27(23)37-28;1-2/h7,10-14,18,20-21,26H,1,8-9,15-17,19H2,2-6H3;1-2H/b24-12-;/t21?,26-;/m0./s1. The highest BCUT2D eigenvalue weighted by molar-refractivity contribution is 7.20. The van der Waals surface area contributed by atoms with Crippen LogP contribution in [0, 0.1) is 25.7 Å². The van der Waals surface area contributed by atoms with Crippen molar-refractivity contribution in [2.24, 2.45) is 5.92 Å². The molecular weight excluding hydrogens is 502 g/mol. The Morgan fingerprint density at radius 1 is 1.23 bits per heavy atom. The summed E-state index contributed by atoms with van der Waals surface area (Å²) in [4.78, 5) is 31.6. The van der Waals surface area contributed by atoms with E-state index in [2.05, 4.69) is 56.5 Å². The van der Waals surface area contributed by atoms with Gasteiger partial charge in [0, 0.05) is 53.7 Å². The molecule has 206 valence electrons. The molecule has 0 N–H and O–H groups in total. The van der Waals surface area contributed by atoms with Gasteiger partial charge in [0.15, 0.2) is 0 Å². The summed E-state index contributed by atoms with van der Waals surface area (Å²) in [7, 11) is 2.12.